The fourth-order valence-electron chi connectivity index (χ4n) is 2.29. The Morgan fingerprint density at radius 2 is 2.08 bits per heavy atom. The van der Waals surface area contributed by atoms with Crippen LogP contribution in [-0.2, 0) is 11.2 Å². The highest BCUT2D eigenvalue weighted by Gasteiger charge is 2.14. The van der Waals surface area contributed by atoms with E-state index in [2.05, 4.69) is 20.8 Å². The van der Waals surface area contributed by atoms with E-state index in [1.54, 1.807) is 19.1 Å². The number of rotatable bonds is 7. The van der Waals surface area contributed by atoms with Gasteiger partial charge in [0.2, 0.25) is 0 Å². The number of amides is 1. The Bertz CT molecular complexity index is 811. The largest absolute Gasteiger partial charge is 0.481 e. The number of hydrogen-bond acceptors (Lipinski definition) is 6. The van der Waals surface area contributed by atoms with Gasteiger partial charge < -0.3 is 14.5 Å². The number of benzene rings is 1. The van der Waals surface area contributed by atoms with Gasteiger partial charge in [0.05, 0.1) is 5.69 Å². The van der Waals surface area contributed by atoms with Crippen LogP contribution >= 0.6 is 0 Å². The van der Waals surface area contributed by atoms with Gasteiger partial charge in [0, 0.05) is 13.0 Å². The number of nitrogens with one attached hydrogen (secondary N) is 1. The summed E-state index contributed by atoms with van der Waals surface area (Å²) >= 11 is 0. The molecule has 0 aliphatic heterocycles. The average molecular weight is 341 g/mol. The van der Waals surface area contributed by atoms with Crippen LogP contribution in [-0.4, -0.2) is 38.8 Å². The van der Waals surface area contributed by atoms with Crippen LogP contribution < -0.4 is 10.1 Å². The molecule has 25 heavy (non-hydrogen) atoms. The molecule has 0 spiro atoms. The number of tetrazole rings is 1. The molecule has 2 heterocycles. The summed E-state index contributed by atoms with van der Waals surface area (Å²) in [5, 5.41) is 13.8. The van der Waals surface area contributed by atoms with E-state index < -0.39 is 6.10 Å². The molecule has 0 aliphatic rings. The molecule has 3 rings (SSSR count). The predicted molar refractivity (Wildman–Crippen MR) is 89.4 cm³/mol. The molecule has 0 saturated carbocycles. The van der Waals surface area contributed by atoms with E-state index in [1.807, 2.05) is 31.2 Å². The molecular formula is C17H19N5O3. The second-order valence-electron chi connectivity index (χ2n) is 5.56. The Balaban J connectivity index is 1.47. The molecule has 0 saturated heterocycles. The number of nitrogens with zero attached hydrogens (tertiary/aromatic N) is 4. The van der Waals surface area contributed by atoms with Crippen LogP contribution in [0.15, 0.2) is 47.1 Å². The van der Waals surface area contributed by atoms with E-state index in [0.717, 1.165) is 17.2 Å². The van der Waals surface area contributed by atoms with E-state index in [1.165, 1.54) is 11.0 Å². The molecule has 1 N–H and O–H groups in total. The number of hydrogen-bond donors (Lipinski definition) is 1. The summed E-state index contributed by atoms with van der Waals surface area (Å²) in [5.74, 6) is 2.14. The first-order valence-corrected chi connectivity index (χ1v) is 7.95. The second kappa shape index (κ2) is 7.61. The van der Waals surface area contributed by atoms with Crippen molar-refractivity contribution in [2.24, 2.45) is 0 Å². The maximum absolute atomic E-state index is 12.1. The number of ether oxygens (including phenoxy) is 1. The van der Waals surface area contributed by atoms with Crippen molar-refractivity contribution in [1.82, 2.24) is 25.5 Å². The normalized spacial score (nSPS) is 11.9. The first-order valence-electron chi connectivity index (χ1n) is 7.95. The highest BCUT2D eigenvalue weighted by atomic mass is 16.5. The lowest BCUT2D eigenvalue weighted by Crippen LogP contribution is -2.37. The monoisotopic (exact) mass is 341 g/mol. The number of furan rings is 1. The summed E-state index contributed by atoms with van der Waals surface area (Å²) in [6.07, 6.45) is 1.55. The lowest BCUT2D eigenvalue weighted by Gasteiger charge is -2.14. The third-order valence-corrected chi connectivity index (χ3v) is 3.60. The van der Waals surface area contributed by atoms with Crippen molar-refractivity contribution in [1.29, 1.82) is 0 Å². The third-order valence-electron chi connectivity index (χ3n) is 3.60. The van der Waals surface area contributed by atoms with E-state index in [4.69, 9.17) is 9.15 Å². The zero-order valence-electron chi connectivity index (χ0n) is 14.0. The zero-order chi connectivity index (χ0) is 17.6. The van der Waals surface area contributed by atoms with Crippen LogP contribution in [0.3, 0.4) is 0 Å². The molecule has 0 aliphatic carbocycles. The van der Waals surface area contributed by atoms with Crippen molar-refractivity contribution < 1.29 is 13.9 Å². The third kappa shape index (κ3) is 4.43. The van der Waals surface area contributed by atoms with Crippen molar-refractivity contribution in [2.75, 3.05) is 6.54 Å². The molecule has 1 unspecified atom stereocenters. The molecule has 130 valence electrons. The maximum atomic E-state index is 12.1. The lowest BCUT2D eigenvalue weighted by molar-refractivity contribution is -0.127. The minimum atomic E-state index is -0.600. The van der Waals surface area contributed by atoms with Gasteiger partial charge in [-0.05, 0) is 60.7 Å². The number of aryl methyl sites for hydroxylation is 1. The predicted octanol–water partition coefficient (Wildman–Crippen LogP) is 1.69. The second-order valence-corrected chi connectivity index (χ2v) is 5.56. The first kappa shape index (κ1) is 16.7. The SMILES string of the molecule is Cc1ccc(CCNC(=O)C(C)Oc2ccc(-n3cnnn3)cc2)o1. The quantitative estimate of drug-likeness (QED) is 0.703. The molecule has 3 aromatic rings. The van der Waals surface area contributed by atoms with Crippen LogP contribution in [0.5, 0.6) is 5.75 Å². The molecule has 1 atom stereocenters. The van der Waals surface area contributed by atoms with E-state index in [0.29, 0.717) is 18.7 Å². The van der Waals surface area contributed by atoms with Gasteiger partial charge in [0.25, 0.3) is 5.91 Å². The van der Waals surface area contributed by atoms with Crippen LogP contribution in [0.1, 0.15) is 18.4 Å². The van der Waals surface area contributed by atoms with Crippen LogP contribution in [0.25, 0.3) is 5.69 Å². The van der Waals surface area contributed by atoms with Crippen LogP contribution in [0.4, 0.5) is 0 Å². The van der Waals surface area contributed by atoms with Crippen LogP contribution in [0, 0.1) is 6.92 Å². The zero-order valence-corrected chi connectivity index (χ0v) is 14.0. The minimum absolute atomic E-state index is 0.173. The molecule has 1 aromatic carbocycles. The summed E-state index contributed by atoms with van der Waals surface area (Å²) in [6.45, 7) is 4.10. The Morgan fingerprint density at radius 3 is 2.72 bits per heavy atom. The maximum Gasteiger partial charge on any atom is 0.260 e. The smallest absolute Gasteiger partial charge is 0.260 e. The van der Waals surface area contributed by atoms with Crippen LogP contribution in [0.2, 0.25) is 0 Å². The Hall–Kier alpha value is -3.16. The molecule has 8 heteroatoms. The van der Waals surface area contributed by atoms with Crippen molar-refractivity contribution in [3.63, 3.8) is 0 Å². The van der Waals surface area contributed by atoms with Gasteiger partial charge >= 0.3 is 0 Å². The van der Waals surface area contributed by atoms with Crippen molar-refractivity contribution in [3.8, 4) is 11.4 Å². The minimum Gasteiger partial charge on any atom is -0.481 e. The van der Waals surface area contributed by atoms with Gasteiger partial charge in [0.1, 0.15) is 23.6 Å². The first-order chi connectivity index (χ1) is 12.1. The molecule has 0 bridgehead atoms. The Morgan fingerprint density at radius 1 is 1.28 bits per heavy atom. The standard InChI is InChI=1S/C17H19N5O3/c1-12-3-6-16(24-12)9-10-18-17(23)13(2)25-15-7-4-14(5-8-15)22-11-19-20-21-22/h3-8,11,13H,9-10H2,1-2H3,(H,18,23). The fraction of sp³-hybridized carbons (Fsp3) is 0.294. The summed E-state index contributed by atoms with van der Waals surface area (Å²) < 4.78 is 12.7. The molecule has 1 amide bonds. The molecule has 2 aromatic heterocycles. The number of carbonyl (C=O) groups is 1. The fourth-order valence-corrected chi connectivity index (χ4v) is 2.29. The van der Waals surface area contributed by atoms with Gasteiger partial charge in [-0.2, -0.15) is 0 Å². The van der Waals surface area contributed by atoms with E-state index in [9.17, 15) is 4.79 Å². The van der Waals surface area contributed by atoms with Gasteiger partial charge in [-0.1, -0.05) is 0 Å². The topological polar surface area (TPSA) is 95.1 Å². The summed E-state index contributed by atoms with van der Waals surface area (Å²) in [6, 6.07) is 11.0. The number of aromatic nitrogens is 4. The molecule has 8 nitrogen and oxygen atoms in total. The van der Waals surface area contributed by atoms with Gasteiger partial charge in [0.15, 0.2) is 6.10 Å². The van der Waals surface area contributed by atoms with E-state index >= 15 is 0 Å². The number of carbonyl (C=O) groups excluding carboxylic acids is 1. The van der Waals surface area contributed by atoms with Gasteiger partial charge in [-0.3, -0.25) is 4.79 Å². The average Bonchev–Trinajstić information content (AvgIpc) is 3.27. The Labute approximate surface area is 144 Å². The summed E-state index contributed by atoms with van der Waals surface area (Å²) in [7, 11) is 0. The van der Waals surface area contributed by atoms with Crippen molar-refractivity contribution in [3.05, 3.63) is 54.2 Å². The van der Waals surface area contributed by atoms with E-state index in [-0.39, 0.29) is 5.91 Å². The highest BCUT2D eigenvalue weighted by Crippen LogP contribution is 2.15. The Kier molecular flexibility index (Phi) is 5.08. The molecule has 0 radical (unpaired) electrons. The summed E-state index contributed by atoms with van der Waals surface area (Å²) in [5.41, 5.74) is 0.809. The lowest BCUT2D eigenvalue weighted by atomic mass is 10.3. The van der Waals surface area contributed by atoms with Crippen molar-refractivity contribution in [2.45, 2.75) is 26.4 Å². The highest BCUT2D eigenvalue weighted by molar-refractivity contribution is 5.80. The molecule has 0 fully saturated rings. The van der Waals surface area contributed by atoms with Gasteiger partial charge in [-0.15, -0.1) is 5.10 Å². The van der Waals surface area contributed by atoms with Gasteiger partial charge in [-0.25, -0.2) is 4.68 Å². The summed E-state index contributed by atoms with van der Waals surface area (Å²) in [4.78, 5) is 12.1. The van der Waals surface area contributed by atoms with Crippen molar-refractivity contribution >= 4 is 5.91 Å². The molecular weight excluding hydrogens is 322 g/mol.